The monoisotopic (exact) mass is 363 g/mol. The molecule has 0 heterocycles. The van der Waals surface area contributed by atoms with Crippen LogP contribution >= 0.6 is 11.6 Å². The van der Waals surface area contributed by atoms with Crippen molar-refractivity contribution in [1.29, 1.82) is 0 Å². The summed E-state index contributed by atoms with van der Waals surface area (Å²) in [5.41, 5.74) is 2.02. The van der Waals surface area contributed by atoms with E-state index < -0.39 is 0 Å². The summed E-state index contributed by atoms with van der Waals surface area (Å²) in [5.74, 6) is 0.693. The van der Waals surface area contributed by atoms with Gasteiger partial charge in [-0.25, -0.2) is 0 Å². The molecular formula is C19H22ClNO4. The number of benzene rings is 2. The van der Waals surface area contributed by atoms with Crippen LogP contribution in [0.15, 0.2) is 36.4 Å². The maximum absolute atomic E-state index is 12.5. The second kappa shape index (κ2) is 8.74. The van der Waals surface area contributed by atoms with E-state index in [0.29, 0.717) is 34.4 Å². The molecule has 0 fully saturated rings. The van der Waals surface area contributed by atoms with Crippen LogP contribution in [-0.2, 0) is 11.3 Å². The summed E-state index contributed by atoms with van der Waals surface area (Å²) < 4.78 is 16.0. The van der Waals surface area contributed by atoms with Gasteiger partial charge in [-0.05, 0) is 37.6 Å². The van der Waals surface area contributed by atoms with E-state index in [1.54, 1.807) is 24.3 Å². The van der Waals surface area contributed by atoms with E-state index in [4.69, 9.17) is 25.8 Å². The highest BCUT2D eigenvalue weighted by Gasteiger charge is 2.13. The van der Waals surface area contributed by atoms with Crippen LogP contribution in [0, 0.1) is 0 Å². The highest BCUT2D eigenvalue weighted by atomic mass is 35.5. The minimum atomic E-state index is -0.254. The van der Waals surface area contributed by atoms with Gasteiger partial charge in [-0.2, -0.15) is 0 Å². The number of hydrogen-bond donors (Lipinski definition) is 1. The minimum absolute atomic E-state index is 0.162. The van der Waals surface area contributed by atoms with E-state index in [0.717, 1.165) is 5.56 Å². The molecule has 2 rings (SSSR count). The molecule has 2 aromatic rings. The zero-order valence-electron chi connectivity index (χ0n) is 14.8. The van der Waals surface area contributed by atoms with Crippen LogP contribution in [0.1, 0.15) is 29.8 Å². The van der Waals surface area contributed by atoms with Crippen molar-refractivity contribution in [2.75, 3.05) is 19.5 Å². The molecule has 0 saturated carbocycles. The van der Waals surface area contributed by atoms with Crippen molar-refractivity contribution in [1.82, 2.24) is 0 Å². The lowest BCUT2D eigenvalue weighted by molar-refractivity contribution is 0.0657. The Morgan fingerprint density at radius 2 is 1.72 bits per heavy atom. The van der Waals surface area contributed by atoms with Crippen molar-refractivity contribution in [3.05, 3.63) is 52.5 Å². The topological polar surface area (TPSA) is 56.8 Å². The summed E-state index contributed by atoms with van der Waals surface area (Å²) >= 11 is 6.12. The van der Waals surface area contributed by atoms with Crippen molar-refractivity contribution < 1.29 is 19.0 Å². The first-order chi connectivity index (χ1) is 11.9. The largest absolute Gasteiger partial charge is 0.495 e. The average molecular weight is 364 g/mol. The van der Waals surface area contributed by atoms with Gasteiger partial charge >= 0.3 is 0 Å². The van der Waals surface area contributed by atoms with Crippen LogP contribution in [0.4, 0.5) is 5.69 Å². The van der Waals surface area contributed by atoms with Crippen LogP contribution in [0.2, 0.25) is 5.02 Å². The molecule has 1 N–H and O–H groups in total. The van der Waals surface area contributed by atoms with Gasteiger partial charge in [0.15, 0.2) is 0 Å². The molecule has 0 bridgehead atoms. The number of ether oxygens (including phenoxy) is 3. The van der Waals surface area contributed by atoms with E-state index in [1.807, 2.05) is 26.0 Å². The second-order valence-corrected chi connectivity index (χ2v) is 6.11. The standard InChI is InChI=1S/C19H22ClNO4/c1-12(2)25-11-13-5-7-14(8-6-13)19(22)21-16-9-15(20)17(23-3)10-18(16)24-4/h5-10,12H,11H2,1-4H3,(H,21,22). The van der Waals surface area contributed by atoms with E-state index >= 15 is 0 Å². The number of rotatable bonds is 7. The molecule has 1 amide bonds. The second-order valence-electron chi connectivity index (χ2n) is 5.70. The molecule has 0 aliphatic heterocycles. The summed E-state index contributed by atoms with van der Waals surface area (Å²) in [6.07, 6.45) is 0.162. The van der Waals surface area contributed by atoms with Gasteiger partial charge in [-0.1, -0.05) is 23.7 Å². The fourth-order valence-electron chi connectivity index (χ4n) is 2.17. The number of carbonyl (C=O) groups is 1. The molecule has 0 aliphatic carbocycles. The van der Waals surface area contributed by atoms with E-state index in [2.05, 4.69) is 5.32 Å². The number of hydrogen-bond acceptors (Lipinski definition) is 4. The van der Waals surface area contributed by atoms with E-state index in [1.165, 1.54) is 14.2 Å². The van der Waals surface area contributed by atoms with Gasteiger partial charge in [0.1, 0.15) is 11.5 Å². The summed E-state index contributed by atoms with van der Waals surface area (Å²) in [5, 5.41) is 3.19. The van der Waals surface area contributed by atoms with Gasteiger partial charge in [-0.3, -0.25) is 4.79 Å². The lowest BCUT2D eigenvalue weighted by Gasteiger charge is -2.13. The third-order valence-electron chi connectivity index (χ3n) is 3.52. The smallest absolute Gasteiger partial charge is 0.255 e. The molecule has 2 aromatic carbocycles. The van der Waals surface area contributed by atoms with Crippen LogP contribution in [0.5, 0.6) is 11.5 Å². The SMILES string of the molecule is COc1cc(OC)c(NC(=O)c2ccc(COC(C)C)cc2)cc1Cl. The summed E-state index contributed by atoms with van der Waals surface area (Å²) in [7, 11) is 3.03. The maximum Gasteiger partial charge on any atom is 0.255 e. The summed E-state index contributed by atoms with van der Waals surface area (Å²) in [6.45, 7) is 4.48. The molecule has 0 unspecified atom stereocenters. The summed E-state index contributed by atoms with van der Waals surface area (Å²) in [6, 6.07) is 10.5. The van der Waals surface area contributed by atoms with Crippen LogP contribution < -0.4 is 14.8 Å². The van der Waals surface area contributed by atoms with Crippen molar-refractivity contribution in [3.63, 3.8) is 0 Å². The predicted molar refractivity (Wildman–Crippen MR) is 98.9 cm³/mol. The van der Waals surface area contributed by atoms with E-state index in [9.17, 15) is 4.79 Å². The Bertz CT molecular complexity index is 729. The Kier molecular flexibility index (Phi) is 6.67. The Morgan fingerprint density at radius 1 is 1.08 bits per heavy atom. The molecule has 134 valence electrons. The number of nitrogens with one attached hydrogen (secondary N) is 1. The van der Waals surface area contributed by atoms with Crippen molar-refractivity contribution >= 4 is 23.2 Å². The van der Waals surface area contributed by atoms with Crippen LogP contribution in [-0.4, -0.2) is 26.2 Å². The molecular weight excluding hydrogens is 342 g/mol. The van der Waals surface area contributed by atoms with Gasteiger partial charge in [0.05, 0.1) is 37.6 Å². The Hall–Kier alpha value is -2.24. The fraction of sp³-hybridized carbons (Fsp3) is 0.316. The minimum Gasteiger partial charge on any atom is -0.495 e. The highest BCUT2D eigenvalue weighted by molar-refractivity contribution is 6.32. The van der Waals surface area contributed by atoms with E-state index in [-0.39, 0.29) is 12.0 Å². The lowest BCUT2D eigenvalue weighted by Crippen LogP contribution is -2.13. The predicted octanol–water partition coefficient (Wildman–Crippen LogP) is 4.53. The number of anilines is 1. The molecule has 0 atom stereocenters. The molecule has 0 aromatic heterocycles. The van der Waals surface area contributed by atoms with Crippen molar-refractivity contribution in [2.24, 2.45) is 0 Å². The van der Waals surface area contributed by atoms with Gasteiger partial charge in [0.2, 0.25) is 0 Å². The molecule has 5 nitrogen and oxygen atoms in total. The quantitative estimate of drug-likeness (QED) is 0.784. The van der Waals surface area contributed by atoms with Crippen LogP contribution in [0.3, 0.4) is 0 Å². The third-order valence-corrected chi connectivity index (χ3v) is 3.82. The molecule has 0 radical (unpaired) electrons. The van der Waals surface area contributed by atoms with Gasteiger partial charge in [-0.15, -0.1) is 0 Å². The third kappa shape index (κ3) is 5.11. The van der Waals surface area contributed by atoms with Gasteiger partial charge in [0, 0.05) is 11.6 Å². The Labute approximate surface area is 152 Å². The molecule has 0 saturated heterocycles. The van der Waals surface area contributed by atoms with Gasteiger partial charge in [0.25, 0.3) is 5.91 Å². The molecule has 0 spiro atoms. The van der Waals surface area contributed by atoms with Crippen molar-refractivity contribution in [3.8, 4) is 11.5 Å². The molecule has 6 heteroatoms. The number of amides is 1. The van der Waals surface area contributed by atoms with Gasteiger partial charge < -0.3 is 19.5 Å². The highest BCUT2D eigenvalue weighted by Crippen LogP contribution is 2.36. The first kappa shape index (κ1) is 19.1. The normalized spacial score (nSPS) is 10.6. The van der Waals surface area contributed by atoms with Crippen molar-refractivity contribution in [2.45, 2.75) is 26.6 Å². The van der Waals surface area contributed by atoms with Crippen LogP contribution in [0.25, 0.3) is 0 Å². The summed E-state index contributed by atoms with van der Waals surface area (Å²) in [4.78, 5) is 12.5. The number of carbonyl (C=O) groups excluding carboxylic acids is 1. The first-order valence-corrected chi connectivity index (χ1v) is 8.25. The molecule has 0 aliphatic rings. The maximum atomic E-state index is 12.5. The fourth-order valence-corrected chi connectivity index (χ4v) is 2.41. The molecule has 25 heavy (non-hydrogen) atoms. The number of methoxy groups -OCH3 is 2. The first-order valence-electron chi connectivity index (χ1n) is 7.88. The number of halogens is 1. The average Bonchev–Trinajstić information content (AvgIpc) is 2.60. The zero-order valence-corrected chi connectivity index (χ0v) is 15.5. The zero-order chi connectivity index (χ0) is 18.4. The lowest BCUT2D eigenvalue weighted by atomic mass is 10.1. The Morgan fingerprint density at radius 3 is 2.28 bits per heavy atom. The Balaban J connectivity index is 2.13.